The third-order valence-electron chi connectivity index (χ3n) is 5.03. The van der Waals surface area contributed by atoms with E-state index in [1.165, 1.54) is 5.56 Å². The van der Waals surface area contributed by atoms with E-state index in [1.54, 1.807) is 19.3 Å². The Kier molecular flexibility index (Phi) is 5.39. The van der Waals surface area contributed by atoms with Gasteiger partial charge in [0.25, 0.3) is 5.91 Å². The van der Waals surface area contributed by atoms with Crippen LogP contribution in [-0.4, -0.2) is 35.0 Å². The van der Waals surface area contributed by atoms with Gasteiger partial charge >= 0.3 is 0 Å². The lowest BCUT2D eigenvalue weighted by Gasteiger charge is -2.20. The van der Waals surface area contributed by atoms with Crippen molar-refractivity contribution in [3.05, 3.63) is 89.5 Å². The molecule has 4 aromatic rings. The van der Waals surface area contributed by atoms with Gasteiger partial charge in [-0.2, -0.15) is 0 Å². The topological polar surface area (TPSA) is 71.0 Å². The summed E-state index contributed by atoms with van der Waals surface area (Å²) in [6.45, 7) is 1.91. The quantitative estimate of drug-likeness (QED) is 0.550. The highest BCUT2D eigenvalue weighted by molar-refractivity contribution is 5.92. The smallest absolute Gasteiger partial charge is 0.269 e. The molecule has 0 saturated heterocycles. The van der Waals surface area contributed by atoms with Crippen LogP contribution in [0.2, 0.25) is 0 Å². The summed E-state index contributed by atoms with van der Waals surface area (Å²) in [5, 5.41) is 3.61. The molecule has 30 heavy (non-hydrogen) atoms. The number of nitrogens with one attached hydrogen (secondary N) is 1. The van der Waals surface area contributed by atoms with Gasteiger partial charge < -0.3 is 10.2 Å². The molecular weight excluding hydrogens is 374 g/mol. The second-order valence-corrected chi connectivity index (χ2v) is 7.14. The summed E-state index contributed by atoms with van der Waals surface area (Å²) < 4.78 is 0. The van der Waals surface area contributed by atoms with Gasteiger partial charge in [0.1, 0.15) is 17.3 Å². The number of hydrogen-bond donors (Lipinski definition) is 1. The SMILES string of the molecule is CNC(=O)c1ccc(Cc2ccc(N(C)c3nc(C)nc4ccccc34)cc2)cn1. The summed E-state index contributed by atoms with van der Waals surface area (Å²) >= 11 is 0. The van der Waals surface area contributed by atoms with Crippen molar-refractivity contribution in [1.29, 1.82) is 0 Å². The molecule has 2 aromatic heterocycles. The molecule has 0 bridgehead atoms. The fourth-order valence-corrected chi connectivity index (χ4v) is 3.42. The number of aromatic nitrogens is 3. The van der Waals surface area contributed by atoms with Crippen molar-refractivity contribution in [3.8, 4) is 0 Å². The number of benzene rings is 2. The van der Waals surface area contributed by atoms with Crippen molar-refractivity contribution < 1.29 is 4.79 Å². The molecule has 0 fully saturated rings. The van der Waals surface area contributed by atoms with E-state index < -0.39 is 0 Å². The molecule has 2 aromatic carbocycles. The van der Waals surface area contributed by atoms with Crippen LogP contribution in [0.15, 0.2) is 66.9 Å². The Morgan fingerprint density at radius 1 is 0.967 bits per heavy atom. The normalized spacial score (nSPS) is 10.8. The van der Waals surface area contributed by atoms with Crippen molar-refractivity contribution in [2.75, 3.05) is 19.0 Å². The second-order valence-electron chi connectivity index (χ2n) is 7.14. The van der Waals surface area contributed by atoms with Crippen molar-refractivity contribution in [2.45, 2.75) is 13.3 Å². The standard InChI is InChI=1S/C24H23N5O/c1-16-27-21-7-5-4-6-20(21)23(28-16)29(3)19-11-8-17(9-12-19)14-18-10-13-22(26-15-18)24(30)25-2/h4-13,15H,14H2,1-3H3,(H,25,30). The molecule has 0 atom stereocenters. The summed E-state index contributed by atoms with van der Waals surface area (Å²) in [6, 6.07) is 20.1. The van der Waals surface area contributed by atoms with E-state index in [2.05, 4.69) is 49.4 Å². The Balaban J connectivity index is 1.54. The number of aryl methyl sites for hydroxylation is 1. The minimum Gasteiger partial charge on any atom is -0.354 e. The van der Waals surface area contributed by atoms with Gasteiger partial charge in [-0.15, -0.1) is 0 Å². The molecular formula is C24H23N5O. The molecule has 2 heterocycles. The molecule has 150 valence electrons. The van der Waals surface area contributed by atoms with Gasteiger partial charge in [0, 0.05) is 31.4 Å². The molecule has 0 aliphatic carbocycles. The third kappa shape index (κ3) is 3.98. The van der Waals surface area contributed by atoms with E-state index in [0.717, 1.165) is 40.2 Å². The minimum atomic E-state index is -0.179. The van der Waals surface area contributed by atoms with Crippen LogP contribution in [0.4, 0.5) is 11.5 Å². The molecule has 0 unspecified atom stereocenters. The molecule has 1 amide bonds. The Hall–Kier alpha value is -3.80. The Morgan fingerprint density at radius 2 is 1.70 bits per heavy atom. The van der Waals surface area contributed by atoms with Crippen LogP contribution in [0.3, 0.4) is 0 Å². The van der Waals surface area contributed by atoms with Gasteiger partial charge in [-0.3, -0.25) is 9.78 Å². The number of pyridine rings is 1. The van der Waals surface area contributed by atoms with Crippen LogP contribution >= 0.6 is 0 Å². The average Bonchev–Trinajstić information content (AvgIpc) is 2.78. The fraction of sp³-hybridized carbons (Fsp3) is 0.167. The molecule has 4 rings (SSSR count). The zero-order valence-electron chi connectivity index (χ0n) is 17.3. The van der Waals surface area contributed by atoms with Gasteiger partial charge in [0.05, 0.1) is 5.52 Å². The summed E-state index contributed by atoms with van der Waals surface area (Å²) in [5.41, 5.74) is 4.64. The van der Waals surface area contributed by atoms with E-state index in [4.69, 9.17) is 0 Å². The first-order chi connectivity index (χ1) is 14.5. The summed E-state index contributed by atoms with van der Waals surface area (Å²) in [5.74, 6) is 1.46. The number of hydrogen-bond acceptors (Lipinski definition) is 5. The van der Waals surface area contributed by atoms with E-state index in [-0.39, 0.29) is 5.91 Å². The van der Waals surface area contributed by atoms with E-state index in [1.807, 2.05) is 44.3 Å². The van der Waals surface area contributed by atoms with Crippen molar-refractivity contribution >= 4 is 28.3 Å². The molecule has 0 radical (unpaired) electrons. The van der Waals surface area contributed by atoms with Crippen molar-refractivity contribution in [1.82, 2.24) is 20.3 Å². The molecule has 6 nitrogen and oxygen atoms in total. The number of carbonyl (C=O) groups is 1. The Morgan fingerprint density at radius 3 is 2.40 bits per heavy atom. The van der Waals surface area contributed by atoms with E-state index >= 15 is 0 Å². The lowest BCUT2D eigenvalue weighted by atomic mass is 10.1. The molecule has 0 saturated carbocycles. The van der Waals surface area contributed by atoms with Crippen LogP contribution < -0.4 is 10.2 Å². The van der Waals surface area contributed by atoms with Gasteiger partial charge in [0.2, 0.25) is 0 Å². The first-order valence-electron chi connectivity index (χ1n) is 9.78. The number of rotatable bonds is 5. The lowest BCUT2D eigenvalue weighted by Crippen LogP contribution is -2.19. The zero-order valence-corrected chi connectivity index (χ0v) is 17.3. The van der Waals surface area contributed by atoms with Gasteiger partial charge in [0.15, 0.2) is 0 Å². The highest BCUT2D eigenvalue weighted by atomic mass is 16.1. The first-order valence-corrected chi connectivity index (χ1v) is 9.78. The number of para-hydroxylation sites is 1. The number of carbonyl (C=O) groups excluding carboxylic acids is 1. The molecule has 0 aliphatic heterocycles. The highest BCUT2D eigenvalue weighted by Crippen LogP contribution is 2.29. The second kappa shape index (κ2) is 8.29. The Bertz CT molecular complexity index is 1190. The van der Waals surface area contributed by atoms with E-state index in [0.29, 0.717) is 5.69 Å². The minimum absolute atomic E-state index is 0.179. The predicted molar refractivity (Wildman–Crippen MR) is 119 cm³/mol. The zero-order chi connectivity index (χ0) is 21.1. The van der Waals surface area contributed by atoms with Crippen LogP contribution in [-0.2, 0) is 6.42 Å². The van der Waals surface area contributed by atoms with Crippen molar-refractivity contribution in [3.63, 3.8) is 0 Å². The fourth-order valence-electron chi connectivity index (χ4n) is 3.42. The number of fused-ring (bicyclic) bond motifs is 1. The van der Waals surface area contributed by atoms with Crippen LogP contribution in [0.1, 0.15) is 27.4 Å². The molecule has 1 N–H and O–H groups in total. The summed E-state index contributed by atoms with van der Waals surface area (Å²) in [7, 11) is 3.62. The Labute approximate surface area is 175 Å². The lowest BCUT2D eigenvalue weighted by molar-refractivity contribution is 0.0958. The van der Waals surface area contributed by atoms with Crippen LogP contribution in [0.5, 0.6) is 0 Å². The maximum atomic E-state index is 11.6. The largest absolute Gasteiger partial charge is 0.354 e. The number of amides is 1. The van der Waals surface area contributed by atoms with Gasteiger partial charge in [-0.05, 0) is 54.8 Å². The molecule has 0 aliphatic rings. The van der Waals surface area contributed by atoms with E-state index in [9.17, 15) is 4.79 Å². The molecule has 6 heteroatoms. The van der Waals surface area contributed by atoms with Crippen molar-refractivity contribution in [2.24, 2.45) is 0 Å². The average molecular weight is 397 g/mol. The monoisotopic (exact) mass is 397 g/mol. The van der Waals surface area contributed by atoms with Gasteiger partial charge in [-0.25, -0.2) is 9.97 Å². The van der Waals surface area contributed by atoms with Crippen LogP contribution in [0, 0.1) is 6.92 Å². The number of nitrogens with zero attached hydrogens (tertiary/aromatic N) is 4. The molecule has 0 spiro atoms. The predicted octanol–water partition coefficient (Wildman–Crippen LogP) is 4.05. The van der Waals surface area contributed by atoms with Gasteiger partial charge in [-0.1, -0.05) is 30.3 Å². The highest BCUT2D eigenvalue weighted by Gasteiger charge is 2.12. The third-order valence-corrected chi connectivity index (χ3v) is 5.03. The number of anilines is 2. The first kappa shape index (κ1) is 19.5. The summed E-state index contributed by atoms with van der Waals surface area (Å²) in [6.07, 6.45) is 2.50. The maximum absolute atomic E-state index is 11.6. The maximum Gasteiger partial charge on any atom is 0.269 e. The summed E-state index contributed by atoms with van der Waals surface area (Å²) in [4.78, 5) is 27.1. The van der Waals surface area contributed by atoms with Crippen LogP contribution in [0.25, 0.3) is 10.9 Å².